The number of carbonyl (C=O) groups is 1. The van der Waals surface area contributed by atoms with Crippen molar-refractivity contribution in [2.45, 2.75) is 32.4 Å². The molecule has 0 aliphatic carbocycles. The molecule has 32 heavy (non-hydrogen) atoms. The van der Waals surface area contributed by atoms with Crippen LogP contribution in [-0.4, -0.2) is 58.9 Å². The van der Waals surface area contributed by atoms with Gasteiger partial charge in [-0.3, -0.25) is 4.79 Å². The van der Waals surface area contributed by atoms with Crippen molar-refractivity contribution >= 4 is 23.4 Å². The van der Waals surface area contributed by atoms with Crippen molar-refractivity contribution in [3.63, 3.8) is 0 Å². The number of amides is 1. The van der Waals surface area contributed by atoms with Crippen LogP contribution in [0, 0.1) is 0 Å². The molecule has 1 amide bonds. The van der Waals surface area contributed by atoms with Gasteiger partial charge in [0.05, 0.1) is 0 Å². The molecule has 3 aromatic rings. The Kier molecular flexibility index (Phi) is 5.44. The summed E-state index contributed by atoms with van der Waals surface area (Å²) in [5.74, 6) is 1.94. The van der Waals surface area contributed by atoms with Crippen LogP contribution in [-0.2, 0) is 11.3 Å². The van der Waals surface area contributed by atoms with E-state index in [2.05, 4.69) is 30.4 Å². The number of hydrogen-bond acceptors (Lipinski definition) is 9. The van der Waals surface area contributed by atoms with Gasteiger partial charge in [0.1, 0.15) is 18.0 Å². The molecular weight excluding hydrogens is 410 g/mol. The molecule has 1 atom stereocenters. The van der Waals surface area contributed by atoms with Crippen molar-refractivity contribution in [1.29, 1.82) is 0 Å². The van der Waals surface area contributed by atoms with Crippen molar-refractivity contribution in [1.82, 2.24) is 20.2 Å². The maximum absolute atomic E-state index is 13.6. The van der Waals surface area contributed by atoms with E-state index in [1.54, 1.807) is 18.2 Å². The van der Waals surface area contributed by atoms with Gasteiger partial charge in [0.25, 0.3) is 5.91 Å². The first-order chi connectivity index (χ1) is 15.7. The topological polar surface area (TPSA) is 110 Å². The Morgan fingerprint density at radius 2 is 2.22 bits per heavy atom. The summed E-state index contributed by atoms with van der Waals surface area (Å²) >= 11 is 0. The molecule has 1 saturated heterocycles. The van der Waals surface area contributed by atoms with Crippen LogP contribution in [0.4, 0.5) is 17.5 Å². The lowest BCUT2D eigenvalue weighted by Crippen LogP contribution is -2.39. The van der Waals surface area contributed by atoms with Crippen molar-refractivity contribution in [2.75, 3.05) is 41.9 Å². The molecular formula is C22H25N7O3. The Morgan fingerprint density at radius 3 is 3.06 bits per heavy atom. The minimum atomic E-state index is -0.111. The van der Waals surface area contributed by atoms with Crippen LogP contribution >= 0.6 is 0 Å². The van der Waals surface area contributed by atoms with Gasteiger partial charge in [-0.1, -0.05) is 6.07 Å². The third kappa shape index (κ3) is 3.66. The highest BCUT2D eigenvalue weighted by molar-refractivity contribution is 6.10. The number of methoxy groups -OCH3 is 1. The zero-order valence-electron chi connectivity index (χ0n) is 18.1. The fraction of sp³-hybridized carbons (Fsp3) is 0.409. The summed E-state index contributed by atoms with van der Waals surface area (Å²) in [5, 5.41) is 11.3. The number of aromatic nitrogens is 4. The summed E-state index contributed by atoms with van der Waals surface area (Å²) in [6, 6.07) is 7.80. The SMILES string of the molecule is CCNc1ncc2c(n1)N1CCC[C@H]1CN(c1cccc(-c3nnc(COC)o3)c1)C2=O. The average Bonchev–Trinajstić information content (AvgIpc) is 3.45. The van der Waals surface area contributed by atoms with Crippen molar-refractivity contribution in [3.05, 3.63) is 41.9 Å². The highest BCUT2D eigenvalue weighted by Crippen LogP contribution is 2.35. The van der Waals surface area contributed by atoms with Crippen LogP contribution < -0.4 is 15.1 Å². The summed E-state index contributed by atoms with van der Waals surface area (Å²) in [7, 11) is 1.57. The summed E-state index contributed by atoms with van der Waals surface area (Å²) in [4.78, 5) is 26.7. The van der Waals surface area contributed by atoms with Gasteiger partial charge in [-0.25, -0.2) is 4.98 Å². The Bertz CT molecular complexity index is 1130. The maximum atomic E-state index is 13.6. The average molecular weight is 435 g/mol. The molecule has 2 aliphatic heterocycles. The second-order valence-electron chi connectivity index (χ2n) is 7.85. The van der Waals surface area contributed by atoms with Crippen molar-refractivity contribution < 1.29 is 13.9 Å². The van der Waals surface area contributed by atoms with Crippen LogP contribution in [0.15, 0.2) is 34.9 Å². The highest BCUT2D eigenvalue weighted by atomic mass is 16.5. The third-order valence-corrected chi connectivity index (χ3v) is 5.76. The van der Waals surface area contributed by atoms with Crippen LogP contribution in [0.1, 0.15) is 36.0 Å². The van der Waals surface area contributed by atoms with E-state index in [0.717, 1.165) is 37.2 Å². The lowest BCUT2D eigenvalue weighted by molar-refractivity contribution is 0.0988. The zero-order valence-corrected chi connectivity index (χ0v) is 18.1. The standard InChI is InChI=1S/C22H25N7O3/c1-3-23-22-24-11-17-19(25-22)28-9-5-8-16(28)12-29(21(17)30)15-7-4-6-14(10-15)20-27-26-18(32-20)13-31-2/h4,6-7,10-11,16H,3,5,8-9,12-13H2,1-2H3,(H,23,24,25)/t16-/m0/s1. The highest BCUT2D eigenvalue weighted by Gasteiger charge is 2.37. The van der Waals surface area contributed by atoms with Gasteiger partial charge in [0.2, 0.25) is 17.7 Å². The molecule has 2 aliphatic rings. The molecule has 0 spiro atoms. The minimum Gasteiger partial charge on any atom is -0.418 e. The monoisotopic (exact) mass is 435 g/mol. The van der Waals surface area contributed by atoms with Gasteiger partial charge in [-0.05, 0) is 38.0 Å². The van der Waals surface area contributed by atoms with Crippen LogP contribution in [0.25, 0.3) is 11.5 Å². The van der Waals surface area contributed by atoms with Crippen molar-refractivity contribution in [2.24, 2.45) is 0 Å². The quantitative estimate of drug-likeness (QED) is 0.625. The van der Waals surface area contributed by atoms with Gasteiger partial charge in [-0.2, -0.15) is 4.98 Å². The lowest BCUT2D eigenvalue weighted by atomic mass is 10.1. The number of benzene rings is 1. The predicted molar refractivity (Wildman–Crippen MR) is 119 cm³/mol. The molecule has 0 radical (unpaired) electrons. The largest absolute Gasteiger partial charge is 0.418 e. The van der Waals surface area contributed by atoms with E-state index in [4.69, 9.17) is 9.15 Å². The summed E-state index contributed by atoms with van der Waals surface area (Å²) in [6.45, 7) is 4.42. The molecule has 1 aromatic carbocycles. The van der Waals surface area contributed by atoms with E-state index < -0.39 is 0 Å². The number of fused-ring (bicyclic) bond motifs is 3. The lowest BCUT2D eigenvalue weighted by Gasteiger charge is -2.27. The normalized spacial score (nSPS) is 17.8. The van der Waals surface area contributed by atoms with E-state index in [9.17, 15) is 4.79 Å². The number of hydrogen-bond donors (Lipinski definition) is 1. The fourth-order valence-corrected chi connectivity index (χ4v) is 4.31. The molecule has 5 rings (SSSR count). The Morgan fingerprint density at radius 1 is 1.31 bits per heavy atom. The van der Waals surface area contributed by atoms with Crippen LogP contribution in [0.3, 0.4) is 0 Å². The number of nitrogens with zero attached hydrogens (tertiary/aromatic N) is 6. The predicted octanol–water partition coefficient (Wildman–Crippen LogP) is 2.73. The zero-order chi connectivity index (χ0) is 22.1. The number of carbonyl (C=O) groups excluding carboxylic acids is 1. The molecule has 2 aromatic heterocycles. The van der Waals surface area contributed by atoms with Gasteiger partial charge < -0.3 is 24.3 Å². The smallest absolute Gasteiger partial charge is 0.263 e. The molecule has 1 fully saturated rings. The van der Waals surface area contributed by atoms with Gasteiger partial charge in [0, 0.05) is 50.2 Å². The third-order valence-electron chi connectivity index (χ3n) is 5.76. The van der Waals surface area contributed by atoms with Crippen molar-refractivity contribution in [3.8, 4) is 11.5 Å². The Labute approximate surface area is 185 Å². The van der Waals surface area contributed by atoms with Crippen LogP contribution in [0.5, 0.6) is 0 Å². The van der Waals surface area contributed by atoms with Crippen LogP contribution in [0.2, 0.25) is 0 Å². The maximum Gasteiger partial charge on any atom is 0.263 e. The number of nitrogens with one attached hydrogen (secondary N) is 1. The molecule has 0 unspecified atom stereocenters. The summed E-state index contributed by atoms with van der Waals surface area (Å²) < 4.78 is 10.7. The van der Waals surface area contributed by atoms with E-state index in [0.29, 0.717) is 35.7 Å². The first-order valence-corrected chi connectivity index (χ1v) is 10.8. The number of rotatable bonds is 6. The molecule has 10 nitrogen and oxygen atoms in total. The minimum absolute atomic E-state index is 0.111. The Balaban J connectivity index is 1.52. The number of anilines is 3. The molecule has 0 saturated carbocycles. The van der Waals surface area contributed by atoms with E-state index >= 15 is 0 Å². The molecule has 1 N–H and O–H groups in total. The second-order valence-corrected chi connectivity index (χ2v) is 7.85. The second kappa shape index (κ2) is 8.54. The fourth-order valence-electron chi connectivity index (χ4n) is 4.31. The van der Waals surface area contributed by atoms with Gasteiger partial charge >= 0.3 is 0 Å². The van der Waals surface area contributed by atoms with Gasteiger partial charge in [0.15, 0.2) is 0 Å². The molecule has 166 valence electrons. The summed E-state index contributed by atoms with van der Waals surface area (Å²) in [6.07, 6.45) is 3.71. The first-order valence-electron chi connectivity index (χ1n) is 10.8. The molecule has 4 heterocycles. The summed E-state index contributed by atoms with van der Waals surface area (Å²) in [5.41, 5.74) is 2.03. The molecule has 10 heteroatoms. The number of ether oxygens (including phenoxy) is 1. The van der Waals surface area contributed by atoms with E-state index in [1.165, 1.54) is 0 Å². The Hall–Kier alpha value is -3.53. The molecule has 0 bridgehead atoms. The van der Waals surface area contributed by atoms with E-state index in [1.807, 2.05) is 31.2 Å². The van der Waals surface area contributed by atoms with E-state index in [-0.39, 0.29) is 18.6 Å². The first kappa shape index (κ1) is 20.4. The van der Waals surface area contributed by atoms with Gasteiger partial charge in [-0.15, -0.1) is 10.2 Å².